The molecule has 1 aromatic heterocycles. The van der Waals surface area contributed by atoms with E-state index in [0.717, 1.165) is 11.3 Å². The molecule has 5 nitrogen and oxygen atoms in total. The molecule has 0 bridgehead atoms. The molecule has 0 unspecified atom stereocenters. The van der Waals surface area contributed by atoms with E-state index in [9.17, 15) is 8.42 Å². The molecule has 19 heavy (non-hydrogen) atoms. The third-order valence-corrected chi connectivity index (χ3v) is 3.48. The molecule has 100 valence electrons. The number of nitrogens with one attached hydrogen (secondary N) is 1. The summed E-state index contributed by atoms with van der Waals surface area (Å²) in [5.74, 6) is 0.702. The van der Waals surface area contributed by atoms with Crippen molar-refractivity contribution < 1.29 is 8.42 Å². The van der Waals surface area contributed by atoms with Gasteiger partial charge >= 0.3 is 0 Å². The number of aromatic nitrogens is 2. The summed E-state index contributed by atoms with van der Waals surface area (Å²) in [6, 6.07) is 9.31. The highest BCUT2D eigenvalue weighted by Gasteiger charge is 2.03. The molecular weight excluding hydrogens is 262 g/mol. The van der Waals surface area contributed by atoms with Gasteiger partial charge in [0.05, 0.1) is 5.75 Å². The number of hydrogen-bond acceptors (Lipinski definition) is 5. The fourth-order valence-corrected chi connectivity index (χ4v) is 2.16. The predicted molar refractivity (Wildman–Crippen MR) is 75.2 cm³/mol. The molecular formula is C13H15N3O2S. The maximum absolute atomic E-state index is 11.1. The minimum absolute atomic E-state index is 0.168. The highest BCUT2D eigenvalue weighted by Crippen LogP contribution is 2.13. The van der Waals surface area contributed by atoms with E-state index in [4.69, 9.17) is 0 Å². The Morgan fingerprint density at radius 1 is 1.11 bits per heavy atom. The van der Waals surface area contributed by atoms with E-state index in [-0.39, 0.29) is 5.75 Å². The first-order valence-corrected chi connectivity index (χ1v) is 7.90. The van der Waals surface area contributed by atoms with Crippen molar-refractivity contribution in [1.29, 1.82) is 0 Å². The van der Waals surface area contributed by atoms with E-state index in [1.807, 2.05) is 24.3 Å². The Morgan fingerprint density at radius 3 is 2.32 bits per heavy atom. The van der Waals surface area contributed by atoms with E-state index in [1.165, 1.54) is 6.26 Å². The van der Waals surface area contributed by atoms with Gasteiger partial charge in [-0.1, -0.05) is 12.1 Å². The first kappa shape index (κ1) is 13.5. The number of nitrogens with zero attached hydrogens (tertiary/aromatic N) is 2. The normalized spacial score (nSPS) is 11.2. The SMILES string of the molecule is CS(=O)(=O)CCc1ccc(Nc2ncccn2)cc1. The number of rotatable bonds is 5. The maximum atomic E-state index is 11.1. The van der Waals surface area contributed by atoms with Crippen LogP contribution in [0.2, 0.25) is 0 Å². The van der Waals surface area contributed by atoms with Crippen LogP contribution in [0.4, 0.5) is 11.6 Å². The van der Waals surface area contributed by atoms with Crippen molar-refractivity contribution in [2.75, 3.05) is 17.3 Å². The van der Waals surface area contributed by atoms with Crippen LogP contribution in [-0.2, 0) is 16.3 Å². The Kier molecular flexibility index (Phi) is 4.11. The van der Waals surface area contributed by atoms with Crippen LogP contribution in [-0.4, -0.2) is 30.4 Å². The van der Waals surface area contributed by atoms with Crippen LogP contribution in [0, 0.1) is 0 Å². The van der Waals surface area contributed by atoms with Gasteiger partial charge in [0.25, 0.3) is 0 Å². The first-order valence-electron chi connectivity index (χ1n) is 5.84. The van der Waals surface area contributed by atoms with Crippen molar-refractivity contribution in [3.63, 3.8) is 0 Å². The molecule has 0 radical (unpaired) electrons. The Bertz CT molecular complexity index is 625. The first-order chi connectivity index (χ1) is 9.03. The van der Waals surface area contributed by atoms with Crippen molar-refractivity contribution in [2.45, 2.75) is 6.42 Å². The summed E-state index contributed by atoms with van der Waals surface area (Å²) in [7, 11) is -2.92. The Morgan fingerprint density at radius 2 is 1.74 bits per heavy atom. The van der Waals surface area contributed by atoms with Gasteiger partial charge in [0.2, 0.25) is 5.95 Å². The molecule has 0 aliphatic heterocycles. The zero-order valence-electron chi connectivity index (χ0n) is 10.6. The monoisotopic (exact) mass is 277 g/mol. The van der Waals surface area contributed by atoms with E-state index in [1.54, 1.807) is 18.5 Å². The third-order valence-electron chi connectivity index (χ3n) is 2.54. The van der Waals surface area contributed by atoms with Crippen LogP contribution in [0.1, 0.15) is 5.56 Å². The molecule has 1 N–H and O–H groups in total. The van der Waals surface area contributed by atoms with Crippen molar-refractivity contribution in [3.05, 3.63) is 48.3 Å². The van der Waals surface area contributed by atoms with Gasteiger partial charge in [-0.05, 0) is 30.2 Å². The lowest BCUT2D eigenvalue weighted by Crippen LogP contribution is -2.05. The second-order valence-electron chi connectivity index (χ2n) is 4.27. The summed E-state index contributed by atoms with van der Waals surface area (Å²) in [5.41, 5.74) is 1.86. The molecule has 0 fully saturated rings. The minimum atomic E-state index is -2.92. The summed E-state index contributed by atoms with van der Waals surface area (Å²) < 4.78 is 22.2. The number of anilines is 2. The van der Waals surface area contributed by atoms with E-state index < -0.39 is 9.84 Å². The summed E-state index contributed by atoms with van der Waals surface area (Å²) in [5, 5.41) is 3.06. The predicted octanol–water partition coefficient (Wildman–Crippen LogP) is 1.81. The summed E-state index contributed by atoms with van der Waals surface area (Å²) >= 11 is 0. The molecule has 0 amide bonds. The van der Waals surface area contributed by atoms with Crippen LogP contribution in [0.15, 0.2) is 42.7 Å². The van der Waals surface area contributed by atoms with Gasteiger partial charge in [-0.3, -0.25) is 0 Å². The molecule has 0 spiro atoms. The van der Waals surface area contributed by atoms with Gasteiger partial charge in [0, 0.05) is 24.3 Å². The molecule has 2 rings (SSSR count). The quantitative estimate of drug-likeness (QED) is 0.902. The third kappa shape index (κ3) is 4.67. The van der Waals surface area contributed by atoms with Gasteiger partial charge in [0.1, 0.15) is 9.84 Å². The molecule has 0 saturated heterocycles. The highest BCUT2D eigenvalue weighted by molar-refractivity contribution is 7.90. The van der Waals surface area contributed by atoms with Crippen LogP contribution in [0.25, 0.3) is 0 Å². The van der Waals surface area contributed by atoms with Crippen LogP contribution in [0.3, 0.4) is 0 Å². The summed E-state index contributed by atoms with van der Waals surface area (Å²) in [4.78, 5) is 8.13. The molecule has 0 aliphatic rings. The minimum Gasteiger partial charge on any atom is -0.324 e. The van der Waals surface area contributed by atoms with Crippen LogP contribution < -0.4 is 5.32 Å². The average molecular weight is 277 g/mol. The number of benzene rings is 1. The van der Waals surface area contributed by atoms with E-state index in [2.05, 4.69) is 15.3 Å². The van der Waals surface area contributed by atoms with Crippen molar-refractivity contribution >= 4 is 21.5 Å². The van der Waals surface area contributed by atoms with Gasteiger partial charge in [-0.25, -0.2) is 18.4 Å². The van der Waals surface area contributed by atoms with Gasteiger partial charge in [0.15, 0.2) is 0 Å². The fraction of sp³-hybridized carbons (Fsp3) is 0.231. The lowest BCUT2D eigenvalue weighted by Gasteiger charge is -2.05. The lowest BCUT2D eigenvalue weighted by atomic mass is 10.1. The van der Waals surface area contributed by atoms with Gasteiger partial charge in [-0.2, -0.15) is 0 Å². The highest BCUT2D eigenvalue weighted by atomic mass is 32.2. The fourth-order valence-electron chi connectivity index (χ4n) is 1.55. The lowest BCUT2D eigenvalue weighted by molar-refractivity contribution is 0.601. The van der Waals surface area contributed by atoms with E-state index >= 15 is 0 Å². The smallest absolute Gasteiger partial charge is 0.227 e. The van der Waals surface area contributed by atoms with Gasteiger partial charge < -0.3 is 5.32 Å². The number of hydrogen-bond donors (Lipinski definition) is 1. The summed E-state index contributed by atoms with van der Waals surface area (Å²) in [6.45, 7) is 0. The second kappa shape index (κ2) is 5.79. The van der Waals surface area contributed by atoms with Crippen LogP contribution in [0.5, 0.6) is 0 Å². The molecule has 2 aromatic rings. The second-order valence-corrected chi connectivity index (χ2v) is 6.53. The molecule has 6 heteroatoms. The van der Waals surface area contributed by atoms with Crippen molar-refractivity contribution in [1.82, 2.24) is 9.97 Å². The standard InChI is InChI=1S/C13H15N3O2S/c1-19(17,18)10-7-11-3-5-12(6-4-11)16-13-14-8-2-9-15-13/h2-6,8-9H,7,10H2,1H3,(H,14,15,16). The number of aryl methyl sites for hydroxylation is 1. The van der Waals surface area contributed by atoms with Crippen molar-refractivity contribution in [3.8, 4) is 0 Å². The van der Waals surface area contributed by atoms with Crippen LogP contribution >= 0.6 is 0 Å². The largest absolute Gasteiger partial charge is 0.324 e. The molecule has 1 heterocycles. The summed E-state index contributed by atoms with van der Waals surface area (Å²) in [6.07, 6.45) is 5.10. The van der Waals surface area contributed by atoms with Gasteiger partial charge in [-0.15, -0.1) is 0 Å². The average Bonchev–Trinajstić information content (AvgIpc) is 2.38. The molecule has 0 aliphatic carbocycles. The van der Waals surface area contributed by atoms with Crippen molar-refractivity contribution in [2.24, 2.45) is 0 Å². The molecule has 0 atom stereocenters. The molecule has 0 saturated carbocycles. The maximum Gasteiger partial charge on any atom is 0.227 e. The Labute approximate surface area is 112 Å². The zero-order chi connectivity index (χ0) is 13.7. The Balaban J connectivity index is 1.99. The molecule has 1 aromatic carbocycles. The topological polar surface area (TPSA) is 72.0 Å². The number of sulfone groups is 1. The van der Waals surface area contributed by atoms with E-state index in [0.29, 0.717) is 12.4 Å². The zero-order valence-corrected chi connectivity index (χ0v) is 11.4. The Hall–Kier alpha value is -1.95.